The molecule has 120 valence electrons. The molecule has 0 fully saturated rings. The van der Waals surface area contributed by atoms with E-state index in [1.807, 2.05) is 29.6 Å². The van der Waals surface area contributed by atoms with E-state index in [0.29, 0.717) is 6.54 Å². The number of methoxy groups -OCH3 is 1. The fourth-order valence-corrected chi connectivity index (χ4v) is 3.22. The molecule has 0 unspecified atom stereocenters. The topological polar surface area (TPSA) is 63.2 Å². The lowest BCUT2D eigenvalue weighted by molar-refractivity contribution is 0.237. The van der Waals surface area contributed by atoms with Crippen molar-refractivity contribution in [2.24, 2.45) is 0 Å². The van der Waals surface area contributed by atoms with Crippen molar-refractivity contribution in [3.63, 3.8) is 0 Å². The monoisotopic (exact) mass is 329 g/mol. The molecule has 0 saturated carbocycles. The van der Waals surface area contributed by atoms with Gasteiger partial charge in [0, 0.05) is 17.0 Å². The molecule has 0 atom stereocenters. The largest absolute Gasteiger partial charge is 0.497 e. The SMILES string of the molecule is COc1ccc(-c2nc(CNC(=O)NC3CC=CC3)cs2)cc1. The Labute approximate surface area is 139 Å². The first-order chi connectivity index (χ1) is 11.2. The Morgan fingerprint density at radius 2 is 2.04 bits per heavy atom. The number of nitrogens with one attached hydrogen (secondary N) is 2. The maximum absolute atomic E-state index is 11.8. The van der Waals surface area contributed by atoms with Crippen LogP contribution in [0.3, 0.4) is 0 Å². The van der Waals surface area contributed by atoms with E-state index in [-0.39, 0.29) is 12.1 Å². The molecule has 0 radical (unpaired) electrons. The molecule has 0 aliphatic heterocycles. The second kappa shape index (κ2) is 7.28. The van der Waals surface area contributed by atoms with Crippen LogP contribution < -0.4 is 15.4 Å². The van der Waals surface area contributed by atoms with Crippen molar-refractivity contribution in [3.8, 4) is 16.3 Å². The van der Waals surface area contributed by atoms with Gasteiger partial charge in [-0.25, -0.2) is 9.78 Å². The molecule has 1 aliphatic rings. The number of nitrogens with zero attached hydrogens (tertiary/aromatic N) is 1. The van der Waals surface area contributed by atoms with Gasteiger partial charge < -0.3 is 15.4 Å². The molecule has 0 saturated heterocycles. The van der Waals surface area contributed by atoms with Gasteiger partial charge >= 0.3 is 6.03 Å². The van der Waals surface area contributed by atoms with Gasteiger partial charge in [-0.1, -0.05) is 12.2 Å². The zero-order valence-corrected chi connectivity index (χ0v) is 13.7. The first kappa shape index (κ1) is 15.6. The minimum Gasteiger partial charge on any atom is -0.497 e. The maximum atomic E-state index is 11.8. The summed E-state index contributed by atoms with van der Waals surface area (Å²) in [5.74, 6) is 0.824. The Bertz CT molecular complexity index is 686. The molecule has 3 rings (SSSR count). The van der Waals surface area contributed by atoms with Crippen LogP contribution in [-0.4, -0.2) is 24.2 Å². The molecule has 0 bridgehead atoms. The van der Waals surface area contributed by atoms with Crippen molar-refractivity contribution in [1.82, 2.24) is 15.6 Å². The van der Waals surface area contributed by atoms with Crippen LogP contribution in [0.25, 0.3) is 10.6 Å². The second-order valence-electron chi connectivity index (χ2n) is 5.34. The van der Waals surface area contributed by atoms with Crippen molar-refractivity contribution in [2.75, 3.05) is 7.11 Å². The van der Waals surface area contributed by atoms with E-state index in [1.54, 1.807) is 18.4 Å². The highest BCUT2D eigenvalue weighted by atomic mass is 32.1. The molecular formula is C17H19N3O2S. The van der Waals surface area contributed by atoms with Crippen molar-refractivity contribution in [1.29, 1.82) is 0 Å². The minimum absolute atomic E-state index is 0.141. The van der Waals surface area contributed by atoms with Gasteiger partial charge in [-0.3, -0.25) is 0 Å². The number of urea groups is 1. The molecule has 6 heteroatoms. The van der Waals surface area contributed by atoms with Gasteiger partial charge in [0.25, 0.3) is 0 Å². The maximum Gasteiger partial charge on any atom is 0.315 e. The molecule has 2 aromatic rings. The highest BCUT2D eigenvalue weighted by molar-refractivity contribution is 7.13. The number of carbonyl (C=O) groups is 1. The van der Waals surface area contributed by atoms with Crippen LogP contribution in [-0.2, 0) is 6.54 Å². The molecule has 23 heavy (non-hydrogen) atoms. The summed E-state index contributed by atoms with van der Waals surface area (Å²) in [6, 6.07) is 7.87. The zero-order chi connectivity index (χ0) is 16.1. The average Bonchev–Trinajstić information content (AvgIpc) is 3.25. The normalized spacial score (nSPS) is 14.0. The third-order valence-corrected chi connectivity index (χ3v) is 4.60. The van der Waals surface area contributed by atoms with Crippen LogP contribution in [0.15, 0.2) is 41.8 Å². The standard InChI is InChI=1S/C17H19N3O2S/c1-22-15-8-6-12(7-9-15)16-19-14(11-23-16)10-18-17(21)20-13-4-2-3-5-13/h2-3,6-9,11,13H,4-5,10H2,1H3,(H2,18,20,21). The molecule has 0 spiro atoms. The summed E-state index contributed by atoms with van der Waals surface area (Å²) in [5, 5.41) is 8.71. The van der Waals surface area contributed by atoms with Gasteiger partial charge in [0.2, 0.25) is 0 Å². The Morgan fingerprint density at radius 1 is 1.30 bits per heavy atom. The van der Waals surface area contributed by atoms with E-state index in [1.165, 1.54) is 0 Å². The van der Waals surface area contributed by atoms with E-state index < -0.39 is 0 Å². The zero-order valence-electron chi connectivity index (χ0n) is 12.9. The van der Waals surface area contributed by atoms with E-state index in [9.17, 15) is 4.79 Å². The molecule has 1 aliphatic carbocycles. The third-order valence-electron chi connectivity index (χ3n) is 3.66. The summed E-state index contributed by atoms with van der Waals surface area (Å²) >= 11 is 1.57. The number of aromatic nitrogens is 1. The lowest BCUT2D eigenvalue weighted by atomic mass is 10.2. The summed E-state index contributed by atoms with van der Waals surface area (Å²) in [7, 11) is 1.65. The van der Waals surface area contributed by atoms with Gasteiger partial charge in [-0.15, -0.1) is 11.3 Å². The molecule has 2 N–H and O–H groups in total. The Kier molecular flexibility index (Phi) is 4.92. The molecule has 1 aromatic carbocycles. The van der Waals surface area contributed by atoms with Gasteiger partial charge in [0.05, 0.1) is 19.3 Å². The quantitative estimate of drug-likeness (QED) is 0.827. The first-order valence-corrected chi connectivity index (χ1v) is 8.41. The van der Waals surface area contributed by atoms with Crippen molar-refractivity contribution >= 4 is 17.4 Å². The van der Waals surface area contributed by atoms with Crippen LogP contribution in [0.1, 0.15) is 18.5 Å². The van der Waals surface area contributed by atoms with Crippen LogP contribution in [0.4, 0.5) is 4.79 Å². The van der Waals surface area contributed by atoms with E-state index in [0.717, 1.165) is 34.9 Å². The van der Waals surface area contributed by atoms with Crippen molar-refractivity contribution in [3.05, 3.63) is 47.5 Å². The number of hydrogen-bond donors (Lipinski definition) is 2. The van der Waals surface area contributed by atoms with Crippen molar-refractivity contribution in [2.45, 2.75) is 25.4 Å². The number of hydrogen-bond acceptors (Lipinski definition) is 4. The summed E-state index contributed by atoms with van der Waals surface area (Å²) in [5.41, 5.74) is 1.91. The summed E-state index contributed by atoms with van der Waals surface area (Å²) in [6.45, 7) is 0.429. The lowest BCUT2D eigenvalue weighted by Gasteiger charge is -2.12. The van der Waals surface area contributed by atoms with Gasteiger partial charge in [-0.05, 0) is 37.1 Å². The highest BCUT2D eigenvalue weighted by Crippen LogP contribution is 2.25. The van der Waals surface area contributed by atoms with Gasteiger partial charge in [0.15, 0.2) is 0 Å². The van der Waals surface area contributed by atoms with E-state index in [4.69, 9.17) is 4.74 Å². The molecule has 1 aromatic heterocycles. The number of carbonyl (C=O) groups excluding carboxylic acids is 1. The Morgan fingerprint density at radius 3 is 2.74 bits per heavy atom. The van der Waals surface area contributed by atoms with Crippen LogP contribution in [0.2, 0.25) is 0 Å². The van der Waals surface area contributed by atoms with E-state index in [2.05, 4.69) is 27.8 Å². The predicted octanol–water partition coefficient (Wildman–Crippen LogP) is 3.34. The third kappa shape index (κ3) is 4.10. The molecule has 2 amide bonds. The fraction of sp³-hybridized carbons (Fsp3) is 0.294. The fourth-order valence-electron chi connectivity index (χ4n) is 2.40. The van der Waals surface area contributed by atoms with Crippen LogP contribution in [0, 0.1) is 0 Å². The molecule has 5 nitrogen and oxygen atoms in total. The summed E-state index contributed by atoms with van der Waals surface area (Å²) < 4.78 is 5.15. The lowest BCUT2D eigenvalue weighted by Crippen LogP contribution is -2.40. The number of benzene rings is 1. The number of thiazole rings is 1. The van der Waals surface area contributed by atoms with E-state index >= 15 is 0 Å². The number of ether oxygens (including phenoxy) is 1. The molecular weight excluding hydrogens is 310 g/mol. The van der Waals surface area contributed by atoms with Crippen molar-refractivity contribution < 1.29 is 9.53 Å². The second-order valence-corrected chi connectivity index (χ2v) is 6.20. The van der Waals surface area contributed by atoms with Gasteiger partial charge in [-0.2, -0.15) is 0 Å². The molecule has 1 heterocycles. The Hall–Kier alpha value is -2.34. The minimum atomic E-state index is -0.141. The first-order valence-electron chi connectivity index (χ1n) is 7.53. The summed E-state index contributed by atoms with van der Waals surface area (Å²) in [4.78, 5) is 16.4. The number of amides is 2. The smallest absolute Gasteiger partial charge is 0.315 e. The highest BCUT2D eigenvalue weighted by Gasteiger charge is 2.13. The Balaban J connectivity index is 1.53. The predicted molar refractivity (Wildman–Crippen MR) is 91.6 cm³/mol. The summed E-state index contributed by atoms with van der Waals surface area (Å²) in [6.07, 6.45) is 6.00. The average molecular weight is 329 g/mol. The van der Waals surface area contributed by atoms with Crippen LogP contribution in [0.5, 0.6) is 5.75 Å². The number of rotatable bonds is 5. The van der Waals surface area contributed by atoms with Gasteiger partial charge in [0.1, 0.15) is 10.8 Å². The van der Waals surface area contributed by atoms with Crippen LogP contribution >= 0.6 is 11.3 Å².